The van der Waals surface area contributed by atoms with Gasteiger partial charge in [0.25, 0.3) is 0 Å². The number of rotatable bonds is 6. The molecule has 0 saturated heterocycles. The van der Waals surface area contributed by atoms with Crippen LogP contribution in [0.15, 0.2) is 48.5 Å². The number of carbonyl (C=O) groups excluding carboxylic acids is 1. The van der Waals surface area contributed by atoms with Crippen molar-refractivity contribution in [2.45, 2.75) is 12.6 Å². The van der Waals surface area contributed by atoms with Crippen molar-refractivity contribution in [2.75, 3.05) is 26.7 Å². The van der Waals surface area contributed by atoms with Gasteiger partial charge in [-0.3, -0.25) is 9.69 Å². The molecule has 0 fully saturated rings. The van der Waals surface area contributed by atoms with Gasteiger partial charge in [-0.15, -0.1) is 0 Å². The molecule has 1 aliphatic heterocycles. The lowest BCUT2D eigenvalue weighted by Crippen LogP contribution is -2.43. The van der Waals surface area contributed by atoms with E-state index >= 15 is 0 Å². The van der Waals surface area contributed by atoms with E-state index in [4.69, 9.17) is 9.47 Å². The van der Waals surface area contributed by atoms with Crippen LogP contribution in [0.3, 0.4) is 0 Å². The Morgan fingerprint density at radius 2 is 1.92 bits per heavy atom. The highest BCUT2D eigenvalue weighted by molar-refractivity contribution is 5.77. The number of amides is 1. The molecule has 1 aliphatic rings. The highest BCUT2D eigenvalue weighted by Gasteiger charge is 2.22. The van der Waals surface area contributed by atoms with Crippen molar-refractivity contribution in [2.24, 2.45) is 0 Å². The number of nitrogens with one attached hydrogen (secondary N) is 1. The predicted octanol–water partition coefficient (Wildman–Crippen LogP) is 2.21. The number of fused-ring (bicyclic) bond motifs is 1. The van der Waals surface area contributed by atoms with Crippen molar-refractivity contribution < 1.29 is 18.7 Å². The van der Waals surface area contributed by atoms with E-state index in [0.717, 1.165) is 17.1 Å². The van der Waals surface area contributed by atoms with E-state index in [2.05, 4.69) is 5.32 Å². The third-order valence-electron chi connectivity index (χ3n) is 3.90. The summed E-state index contributed by atoms with van der Waals surface area (Å²) in [5.41, 5.74) is 0.859. The molecule has 1 N–H and O–H groups in total. The van der Waals surface area contributed by atoms with Crippen LogP contribution in [0.1, 0.15) is 5.56 Å². The van der Waals surface area contributed by atoms with Crippen LogP contribution in [-0.2, 0) is 11.3 Å². The second kappa shape index (κ2) is 7.98. The van der Waals surface area contributed by atoms with Gasteiger partial charge in [0.15, 0.2) is 11.5 Å². The third kappa shape index (κ3) is 4.93. The van der Waals surface area contributed by atoms with Gasteiger partial charge in [-0.2, -0.15) is 0 Å². The fourth-order valence-electron chi connectivity index (χ4n) is 2.67. The Bertz CT molecular complexity index is 721. The Hall–Kier alpha value is -2.60. The quantitative estimate of drug-likeness (QED) is 0.873. The maximum absolute atomic E-state index is 12.9. The van der Waals surface area contributed by atoms with Gasteiger partial charge in [-0.25, -0.2) is 4.39 Å². The summed E-state index contributed by atoms with van der Waals surface area (Å²) in [7, 11) is 1.86. The van der Waals surface area contributed by atoms with Gasteiger partial charge in [0.05, 0.1) is 6.54 Å². The molecular weight excluding hydrogens is 323 g/mol. The Morgan fingerprint density at radius 3 is 2.68 bits per heavy atom. The first-order valence-electron chi connectivity index (χ1n) is 8.18. The fraction of sp³-hybridized carbons (Fsp3) is 0.316. The maximum Gasteiger partial charge on any atom is 0.234 e. The second-order valence-electron chi connectivity index (χ2n) is 6.10. The SMILES string of the molecule is CN(CC(=O)NCc1ccc(F)cc1)CC1COc2ccccc2O1. The highest BCUT2D eigenvalue weighted by atomic mass is 19.1. The summed E-state index contributed by atoms with van der Waals surface area (Å²) in [5, 5.41) is 2.83. The molecule has 1 heterocycles. The Morgan fingerprint density at radius 1 is 1.20 bits per heavy atom. The van der Waals surface area contributed by atoms with Crippen molar-refractivity contribution in [3.63, 3.8) is 0 Å². The van der Waals surface area contributed by atoms with Gasteiger partial charge in [0.1, 0.15) is 18.5 Å². The smallest absolute Gasteiger partial charge is 0.234 e. The largest absolute Gasteiger partial charge is 0.486 e. The van der Waals surface area contributed by atoms with E-state index < -0.39 is 0 Å². The number of para-hydroxylation sites is 2. The van der Waals surface area contributed by atoms with E-state index in [1.807, 2.05) is 36.2 Å². The number of likely N-dealkylation sites (N-methyl/N-ethyl adjacent to an activating group) is 1. The standard InChI is InChI=1S/C19H21FN2O3/c1-22(11-16-13-24-17-4-2-3-5-18(17)25-16)12-19(23)21-10-14-6-8-15(20)9-7-14/h2-9,16H,10-13H2,1H3,(H,21,23). The van der Waals surface area contributed by atoms with Crippen molar-refractivity contribution in [1.29, 1.82) is 0 Å². The Balaban J connectivity index is 1.42. The topological polar surface area (TPSA) is 50.8 Å². The molecule has 0 aliphatic carbocycles. The van der Waals surface area contributed by atoms with E-state index in [1.54, 1.807) is 12.1 Å². The van der Waals surface area contributed by atoms with Crippen LogP contribution in [0.5, 0.6) is 11.5 Å². The number of carbonyl (C=O) groups is 1. The van der Waals surface area contributed by atoms with Crippen molar-refractivity contribution in [3.8, 4) is 11.5 Å². The summed E-state index contributed by atoms with van der Waals surface area (Å²) in [5.74, 6) is 1.10. The predicted molar refractivity (Wildman–Crippen MR) is 92.1 cm³/mol. The maximum atomic E-state index is 12.9. The minimum Gasteiger partial charge on any atom is -0.486 e. The van der Waals surface area contributed by atoms with Crippen molar-refractivity contribution in [1.82, 2.24) is 10.2 Å². The van der Waals surface area contributed by atoms with Gasteiger partial charge in [0, 0.05) is 13.1 Å². The third-order valence-corrected chi connectivity index (χ3v) is 3.90. The number of ether oxygens (including phenoxy) is 2. The summed E-state index contributed by atoms with van der Waals surface area (Å²) in [4.78, 5) is 13.9. The summed E-state index contributed by atoms with van der Waals surface area (Å²) in [6.07, 6.45) is -0.121. The lowest BCUT2D eigenvalue weighted by Gasteiger charge is -2.29. The second-order valence-corrected chi connectivity index (χ2v) is 6.10. The molecule has 5 nitrogen and oxygen atoms in total. The van der Waals surface area contributed by atoms with E-state index in [-0.39, 0.29) is 24.4 Å². The minimum atomic E-state index is -0.286. The van der Waals surface area contributed by atoms with Gasteiger partial charge in [-0.1, -0.05) is 24.3 Å². The van der Waals surface area contributed by atoms with Gasteiger partial charge in [0.2, 0.25) is 5.91 Å². The summed E-state index contributed by atoms with van der Waals surface area (Å²) in [6, 6.07) is 13.6. The van der Waals surface area contributed by atoms with Crippen LogP contribution in [0, 0.1) is 5.82 Å². The molecule has 132 valence electrons. The van der Waals surface area contributed by atoms with E-state index in [1.165, 1.54) is 12.1 Å². The monoisotopic (exact) mass is 344 g/mol. The average molecular weight is 344 g/mol. The lowest BCUT2D eigenvalue weighted by atomic mass is 10.2. The van der Waals surface area contributed by atoms with Crippen LogP contribution in [0.4, 0.5) is 4.39 Å². The molecule has 0 radical (unpaired) electrons. The van der Waals surface area contributed by atoms with Gasteiger partial charge < -0.3 is 14.8 Å². The minimum absolute atomic E-state index is 0.0936. The van der Waals surface area contributed by atoms with E-state index in [9.17, 15) is 9.18 Å². The Kier molecular flexibility index (Phi) is 5.50. The molecule has 1 atom stereocenters. The molecule has 0 bridgehead atoms. The zero-order valence-electron chi connectivity index (χ0n) is 14.1. The first kappa shape index (κ1) is 17.2. The number of hydrogen-bond acceptors (Lipinski definition) is 4. The fourth-order valence-corrected chi connectivity index (χ4v) is 2.67. The molecule has 1 amide bonds. The number of hydrogen-bond donors (Lipinski definition) is 1. The van der Waals surface area contributed by atoms with E-state index in [0.29, 0.717) is 19.7 Å². The molecule has 2 aromatic carbocycles. The van der Waals surface area contributed by atoms with Crippen LogP contribution in [-0.4, -0.2) is 43.7 Å². The molecule has 0 aromatic heterocycles. The molecular formula is C19H21FN2O3. The van der Waals surface area contributed by atoms with Gasteiger partial charge in [-0.05, 0) is 36.9 Å². The van der Waals surface area contributed by atoms with Crippen LogP contribution < -0.4 is 14.8 Å². The zero-order valence-corrected chi connectivity index (χ0v) is 14.1. The molecule has 3 rings (SSSR count). The van der Waals surface area contributed by atoms with Crippen LogP contribution in [0.2, 0.25) is 0 Å². The molecule has 25 heavy (non-hydrogen) atoms. The highest BCUT2D eigenvalue weighted by Crippen LogP contribution is 2.30. The Labute approximate surface area is 146 Å². The first-order chi connectivity index (χ1) is 12.1. The number of halogens is 1. The van der Waals surface area contributed by atoms with Crippen LogP contribution in [0.25, 0.3) is 0 Å². The first-order valence-corrected chi connectivity index (χ1v) is 8.18. The normalized spacial score (nSPS) is 15.9. The number of benzene rings is 2. The summed E-state index contributed by atoms with van der Waals surface area (Å²) < 4.78 is 24.4. The average Bonchev–Trinajstić information content (AvgIpc) is 2.61. The van der Waals surface area contributed by atoms with Crippen LogP contribution >= 0.6 is 0 Å². The lowest BCUT2D eigenvalue weighted by molar-refractivity contribution is -0.122. The molecule has 0 spiro atoms. The summed E-state index contributed by atoms with van der Waals surface area (Å²) in [6.45, 7) is 1.67. The molecule has 6 heteroatoms. The van der Waals surface area contributed by atoms with Crippen molar-refractivity contribution >= 4 is 5.91 Å². The number of nitrogens with zero attached hydrogens (tertiary/aromatic N) is 1. The molecule has 1 unspecified atom stereocenters. The summed E-state index contributed by atoms with van der Waals surface area (Å²) >= 11 is 0. The molecule has 0 saturated carbocycles. The molecule has 2 aromatic rings. The van der Waals surface area contributed by atoms with Gasteiger partial charge >= 0.3 is 0 Å². The zero-order chi connectivity index (χ0) is 17.6. The van der Waals surface area contributed by atoms with Crippen molar-refractivity contribution in [3.05, 3.63) is 59.9 Å².